The molecule has 272 valence electrons. The topological polar surface area (TPSA) is 148 Å². The summed E-state index contributed by atoms with van der Waals surface area (Å²) >= 11 is 0. The van der Waals surface area contributed by atoms with Crippen LogP contribution in [0.5, 0.6) is 0 Å². The molecule has 0 aliphatic carbocycles. The number of aliphatic hydroxyl groups is 1. The molecule has 10 nitrogen and oxygen atoms in total. The molecule has 0 heterocycles. The van der Waals surface area contributed by atoms with E-state index in [-0.39, 0.29) is 42.8 Å². The first-order valence-corrected chi connectivity index (χ1v) is 20.6. The molecule has 0 aromatic rings. The molecule has 0 aliphatic rings. The summed E-state index contributed by atoms with van der Waals surface area (Å²) in [6.07, 6.45) is 29.2. The monoisotopic (exact) mass is 710 g/mol. The van der Waals surface area contributed by atoms with Crippen LogP contribution < -0.4 is 29.6 Å². The van der Waals surface area contributed by atoms with Crippen LogP contribution in [0.25, 0.3) is 0 Å². The molecule has 0 fully saturated rings. The van der Waals surface area contributed by atoms with Crippen molar-refractivity contribution in [1.82, 2.24) is 0 Å². The SMILES string of the molecule is CCCCCCCCCCCCCCOCC(CO)(COCCCCCCCCCCCCCC)COS(=O)(=O)OS(=O)(=O)[O-].[Na+]. The molecular weight excluding hydrogens is 643 g/mol. The second-order valence-corrected chi connectivity index (χ2v) is 15.1. The van der Waals surface area contributed by atoms with Crippen LogP contribution in [-0.2, 0) is 38.1 Å². The van der Waals surface area contributed by atoms with E-state index in [1.54, 1.807) is 0 Å². The maximum absolute atomic E-state index is 11.8. The first-order valence-electron chi connectivity index (χ1n) is 17.9. The van der Waals surface area contributed by atoms with Gasteiger partial charge < -0.3 is 19.1 Å². The minimum Gasteiger partial charge on any atom is -0.725 e. The van der Waals surface area contributed by atoms with Gasteiger partial charge in [0.15, 0.2) is 0 Å². The normalized spacial score (nSPS) is 12.4. The van der Waals surface area contributed by atoms with Crippen LogP contribution in [0.4, 0.5) is 0 Å². The molecule has 0 aromatic carbocycles. The van der Waals surface area contributed by atoms with Crippen molar-refractivity contribution in [2.75, 3.05) is 39.6 Å². The van der Waals surface area contributed by atoms with E-state index in [4.69, 9.17) is 9.47 Å². The quantitative estimate of drug-likeness (QED) is 0.0401. The Morgan fingerprint density at radius 3 is 1.11 bits per heavy atom. The van der Waals surface area contributed by atoms with E-state index in [1.807, 2.05) is 0 Å². The van der Waals surface area contributed by atoms with Gasteiger partial charge in [-0.25, -0.2) is 12.6 Å². The summed E-state index contributed by atoms with van der Waals surface area (Å²) in [5.74, 6) is 0. The van der Waals surface area contributed by atoms with Crippen molar-refractivity contribution in [2.45, 2.75) is 168 Å². The molecule has 0 unspecified atom stereocenters. The summed E-state index contributed by atoms with van der Waals surface area (Å²) in [7, 11) is -10.7. The van der Waals surface area contributed by atoms with Gasteiger partial charge >= 0.3 is 40.0 Å². The van der Waals surface area contributed by atoms with Crippen molar-refractivity contribution < 1.29 is 73.3 Å². The number of hydrogen-bond acceptors (Lipinski definition) is 10. The maximum Gasteiger partial charge on any atom is 1.00 e. The van der Waals surface area contributed by atoms with Crippen LogP contribution >= 0.6 is 0 Å². The molecule has 0 radical (unpaired) electrons. The van der Waals surface area contributed by atoms with Gasteiger partial charge in [0.05, 0.1) is 31.8 Å². The molecule has 46 heavy (non-hydrogen) atoms. The van der Waals surface area contributed by atoms with Crippen molar-refractivity contribution in [3.63, 3.8) is 0 Å². The van der Waals surface area contributed by atoms with Gasteiger partial charge in [0.25, 0.3) is 0 Å². The number of unbranched alkanes of at least 4 members (excludes halogenated alkanes) is 22. The molecule has 0 amide bonds. The van der Waals surface area contributed by atoms with Gasteiger partial charge in [-0.2, -0.15) is 8.42 Å². The molecule has 1 N–H and O–H groups in total. The Morgan fingerprint density at radius 2 is 0.826 bits per heavy atom. The Hall–Kier alpha value is 0.660. The van der Waals surface area contributed by atoms with E-state index in [2.05, 4.69) is 21.7 Å². The molecule has 0 atom stereocenters. The molecule has 0 aromatic heterocycles. The van der Waals surface area contributed by atoms with E-state index < -0.39 is 39.4 Å². The Labute approximate surface area is 305 Å². The van der Waals surface area contributed by atoms with Crippen LogP contribution in [-0.4, -0.2) is 66.1 Å². The van der Waals surface area contributed by atoms with E-state index in [1.165, 1.54) is 116 Å². The second kappa shape index (κ2) is 32.8. The van der Waals surface area contributed by atoms with Gasteiger partial charge in [-0.1, -0.05) is 155 Å². The fourth-order valence-electron chi connectivity index (χ4n) is 5.25. The minimum absolute atomic E-state index is 0. The fraction of sp³-hybridized carbons (Fsp3) is 1.00. The summed E-state index contributed by atoms with van der Waals surface area (Å²) < 4.78 is 75.6. The number of hydrogen-bond donors (Lipinski definition) is 1. The first kappa shape index (κ1) is 48.8. The Bertz CT molecular complexity index is 824. The van der Waals surface area contributed by atoms with E-state index in [9.17, 15) is 26.5 Å². The van der Waals surface area contributed by atoms with Crippen molar-refractivity contribution in [3.05, 3.63) is 0 Å². The molecule has 0 saturated carbocycles. The summed E-state index contributed by atoms with van der Waals surface area (Å²) in [6.45, 7) is 4.03. The van der Waals surface area contributed by atoms with Gasteiger partial charge in [-0.15, -0.1) is 3.63 Å². The summed E-state index contributed by atoms with van der Waals surface area (Å²) in [5, 5.41) is 10.2. The van der Waals surface area contributed by atoms with E-state index in [0.29, 0.717) is 13.2 Å². The first-order chi connectivity index (χ1) is 21.6. The molecular formula is C33H67NaO10S2. The molecule has 0 rings (SSSR count). The Kier molecular flexibility index (Phi) is 34.8. The predicted molar refractivity (Wildman–Crippen MR) is 179 cm³/mol. The van der Waals surface area contributed by atoms with Crippen molar-refractivity contribution in [2.24, 2.45) is 5.41 Å². The van der Waals surface area contributed by atoms with E-state index in [0.717, 1.165) is 38.5 Å². The minimum atomic E-state index is -5.53. The summed E-state index contributed by atoms with van der Waals surface area (Å²) in [4.78, 5) is 0. The predicted octanol–water partition coefficient (Wildman–Crippen LogP) is 5.14. The molecule has 0 bridgehead atoms. The summed E-state index contributed by atoms with van der Waals surface area (Å²) in [6, 6.07) is 0. The average Bonchev–Trinajstić information content (AvgIpc) is 2.98. The largest absolute Gasteiger partial charge is 1.00 e. The molecule has 13 heteroatoms. The molecule has 0 spiro atoms. The number of rotatable bonds is 36. The number of aliphatic hydroxyl groups excluding tert-OH is 1. The standard InChI is InChI=1S/C33H68O10S2.Na/c1-3-5-7-9-11-13-15-17-19-21-23-25-27-40-30-33(29-34,32-42-45(38,39)43-44(35,36)37)31-41-28-26-24-22-20-18-16-14-12-10-8-6-4-2;/h34H,3-32H2,1-2H3,(H,35,36,37);/q;+1/p-1. The van der Waals surface area contributed by atoms with Crippen LogP contribution in [0.3, 0.4) is 0 Å². The maximum atomic E-state index is 11.8. The zero-order chi connectivity index (χ0) is 33.5. The smallest absolute Gasteiger partial charge is 0.725 e. The van der Waals surface area contributed by atoms with Crippen molar-refractivity contribution in [3.8, 4) is 0 Å². The molecule has 0 saturated heterocycles. The number of ether oxygens (including phenoxy) is 2. The third kappa shape index (κ3) is 33.2. The van der Waals surface area contributed by atoms with Crippen LogP contribution in [0, 0.1) is 5.41 Å². The Balaban J connectivity index is 0. The van der Waals surface area contributed by atoms with Crippen molar-refractivity contribution in [1.29, 1.82) is 0 Å². The van der Waals surface area contributed by atoms with Gasteiger partial charge in [-0.05, 0) is 12.8 Å². The zero-order valence-electron chi connectivity index (χ0n) is 29.7. The van der Waals surface area contributed by atoms with Gasteiger partial charge in [0, 0.05) is 13.2 Å². The zero-order valence-corrected chi connectivity index (χ0v) is 33.3. The van der Waals surface area contributed by atoms with Gasteiger partial charge in [-0.3, -0.25) is 0 Å². The van der Waals surface area contributed by atoms with Gasteiger partial charge in [0.1, 0.15) is 0 Å². The summed E-state index contributed by atoms with van der Waals surface area (Å²) in [5.41, 5.74) is -1.27. The fourth-order valence-corrected chi connectivity index (χ4v) is 6.62. The van der Waals surface area contributed by atoms with Gasteiger partial charge in [0.2, 0.25) is 10.4 Å². The molecule has 0 aliphatic heterocycles. The average molecular weight is 711 g/mol. The second-order valence-electron chi connectivity index (χ2n) is 12.7. The van der Waals surface area contributed by atoms with Crippen LogP contribution in [0.15, 0.2) is 0 Å². The van der Waals surface area contributed by atoms with Crippen LogP contribution in [0.2, 0.25) is 0 Å². The Morgan fingerprint density at radius 1 is 0.522 bits per heavy atom. The van der Waals surface area contributed by atoms with Crippen molar-refractivity contribution >= 4 is 20.8 Å². The third-order valence-electron chi connectivity index (χ3n) is 8.11. The third-order valence-corrected chi connectivity index (χ3v) is 9.85. The van der Waals surface area contributed by atoms with E-state index >= 15 is 0 Å². The van der Waals surface area contributed by atoms with Crippen LogP contribution in [0.1, 0.15) is 168 Å².